The summed E-state index contributed by atoms with van der Waals surface area (Å²) >= 11 is 1.85. The summed E-state index contributed by atoms with van der Waals surface area (Å²) < 4.78 is 0. The number of nitrogens with one attached hydrogen (secondary N) is 1. The number of benzene rings is 1. The topological polar surface area (TPSA) is 24.4 Å². The van der Waals surface area contributed by atoms with Crippen LogP contribution in [0.3, 0.4) is 0 Å². The Hall–Kier alpha value is -0.960. The van der Waals surface area contributed by atoms with Gasteiger partial charge in [0.2, 0.25) is 0 Å². The second-order valence-electron chi connectivity index (χ2n) is 4.16. The molecule has 0 bridgehead atoms. The molecule has 1 aliphatic rings. The average Bonchev–Trinajstić information content (AvgIpc) is 2.76. The molecular formula is C13H18N2S. The largest absolute Gasteiger partial charge is 0.295 e. The standard InChI is InChI=1S/C13H18N2S/c1-3-4-5-12-14-15-13(16-12)11-8-6-10(2)7-9-11/h6-9,12,14H,3-5H2,1-2H3. The molecule has 2 nitrogen and oxygen atoms in total. The molecule has 2 rings (SSSR count). The van der Waals surface area contributed by atoms with Crippen LogP contribution in [0.15, 0.2) is 29.4 Å². The third kappa shape index (κ3) is 2.79. The van der Waals surface area contributed by atoms with Crippen LogP contribution < -0.4 is 5.43 Å². The second kappa shape index (κ2) is 5.39. The number of nitrogens with zero attached hydrogens (tertiary/aromatic N) is 1. The van der Waals surface area contributed by atoms with Gasteiger partial charge in [-0.2, -0.15) is 5.10 Å². The number of aryl methyl sites for hydroxylation is 1. The summed E-state index contributed by atoms with van der Waals surface area (Å²) in [4.78, 5) is 0. The molecule has 0 aliphatic carbocycles. The minimum atomic E-state index is 0.469. The Balaban J connectivity index is 1.95. The SMILES string of the molecule is CCCCC1NN=C(c2ccc(C)cc2)S1. The van der Waals surface area contributed by atoms with Gasteiger partial charge in [-0.25, -0.2) is 0 Å². The summed E-state index contributed by atoms with van der Waals surface area (Å²) in [6.45, 7) is 4.33. The lowest BCUT2D eigenvalue weighted by Crippen LogP contribution is -2.14. The van der Waals surface area contributed by atoms with Crippen molar-refractivity contribution in [2.45, 2.75) is 38.5 Å². The fraction of sp³-hybridized carbons (Fsp3) is 0.462. The van der Waals surface area contributed by atoms with Crippen LogP contribution in [0.25, 0.3) is 0 Å². The van der Waals surface area contributed by atoms with E-state index in [9.17, 15) is 0 Å². The number of hydrogen-bond acceptors (Lipinski definition) is 3. The van der Waals surface area contributed by atoms with E-state index in [1.165, 1.54) is 30.4 Å². The molecule has 1 unspecified atom stereocenters. The Morgan fingerprint density at radius 3 is 2.75 bits per heavy atom. The fourth-order valence-corrected chi connectivity index (χ4v) is 2.70. The summed E-state index contributed by atoms with van der Waals surface area (Å²) in [5.41, 5.74) is 5.72. The molecule has 1 N–H and O–H groups in total. The van der Waals surface area contributed by atoms with E-state index in [0.29, 0.717) is 5.37 Å². The molecule has 1 heterocycles. The molecule has 0 saturated carbocycles. The van der Waals surface area contributed by atoms with Crippen molar-refractivity contribution in [2.75, 3.05) is 0 Å². The zero-order chi connectivity index (χ0) is 11.4. The first-order valence-electron chi connectivity index (χ1n) is 5.86. The smallest absolute Gasteiger partial charge is 0.125 e. The van der Waals surface area contributed by atoms with E-state index in [2.05, 4.69) is 48.6 Å². The number of hydrogen-bond donors (Lipinski definition) is 1. The van der Waals surface area contributed by atoms with E-state index in [0.717, 1.165) is 5.04 Å². The number of hydrazone groups is 1. The van der Waals surface area contributed by atoms with Gasteiger partial charge in [-0.3, -0.25) is 5.43 Å². The highest BCUT2D eigenvalue weighted by Crippen LogP contribution is 2.25. The first kappa shape index (κ1) is 11.5. The highest BCUT2D eigenvalue weighted by Gasteiger charge is 2.19. The minimum absolute atomic E-state index is 0.469. The van der Waals surface area contributed by atoms with Crippen LogP contribution in [-0.2, 0) is 0 Å². The van der Waals surface area contributed by atoms with Gasteiger partial charge in [-0.05, 0) is 13.3 Å². The van der Waals surface area contributed by atoms with Crippen LogP contribution in [0.4, 0.5) is 0 Å². The monoisotopic (exact) mass is 234 g/mol. The molecule has 16 heavy (non-hydrogen) atoms. The highest BCUT2D eigenvalue weighted by atomic mass is 32.2. The van der Waals surface area contributed by atoms with E-state index in [-0.39, 0.29) is 0 Å². The Kier molecular flexibility index (Phi) is 3.88. The molecule has 1 aliphatic heterocycles. The summed E-state index contributed by atoms with van der Waals surface area (Å²) in [7, 11) is 0. The zero-order valence-corrected chi connectivity index (χ0v) is 10.7. The molecule has 1 aromatic carbocycles. The molecule has 1 atom stereocenters. The van der Waals surface area contributed by atoms with Gasteiger partial charge in [0.15, 0.2) is 0 Å². The van der Waals surface area contributed by atoms with Gasteiger partial charge in [0.25, 0.3) is 0 Å². The van der Waals surface area contributed by atoms with Crippen molar-refractivity contribution in [3.63, 3.8) is 0 Å². The molecular weight excluding hydrogens is 216 g/mol. The van der Waals surface area contributed by atoms with E-state index in [4.69, 9.17) is 0 Å². The Morgan fingerprint density at radius 2 is 2.06 bits per heavy atom. The van der Waals surface area contributed by atoms with Crippen molar-refractivity contribution in [1.29, 1.82) is 0 Å². The van der Waals surface area contributed by atoms with Crippen LogP contribution in [-0.4, -0.2) is 10.4 Å². The molecule has 3 heteroatoms. The summed E-state index contributed by atoms with van der Waals surface area (Å²) in [5.74, 6) is 0. The number of unbranched alkanes of at least 4 members (excludes halogenated alkanes) is 1. The Labute approximate surface area is 102 Å². The van der Waals surface area contributed by atoms with Gasteiger partial charge >= 0.3 is 0 Å². The van der Waals surface area contributed by atoms with Crippen molar-refractivity contribution < 1.29 is 0 Å². The first-order chi connectivity index (χ1) is 7.79. The summed E-state index contributed by atoms with van der Waals surface area (Å²) in [5, 5.41) is 5.99. The maximum Gasteiger partial charge on any atom is 0.125 e. The maximum atomic E-state index is 4.40. The molecule has 0 fully saturated rings. The van der Waals surface area contributed by atoms with E-state index in [1.54, 1.807) is 0 Å². The van der Waals surface area contributed by atoms with Crippen molar-refractivity contribution in [3.05, 3.63) is 35.4 Å². The van der Waals surface area contributed by atoms with Gasteiger partial charge in [0.1, 0.15) is 5.04 Å². The van der Waals surface area contributed by atoms with Gasteiger partial charge in [0, 0.05) is 5.56 Å². The predicted octanol–water partition coefficient (Wildman–Crippen LogP) is 3.51. The molecule has 0 radical (unpaired) electrons. The quantitative estimate of drug-likeness (QED) is 0.862. The van der Waals surface area contributed by atoms with Crippen molar-refractivity contribution in [3.8, 4) is 0 Å². The highest BCUT2D eigenvalue weighted by molar-refractivity contribution is 8.15. The lowest BCUT2D eigenvalue weighted by molar-refractivity contribution is 0.612. The molecule has 86 valence electrons. The minimum Gasteiger partial charge on any atom is -0.295 e. The summed E-state index contributed by atoms with van der Waals surface area (Å²) in [6, 6.07) is 8.56. The van der Waals surface area contributed by atoms with Crippen LogP contribution >= 0.6 is 11.8 Å². The molecule has 0 spiro atoms. The molecule has 0 aromatic heterocycles. The maximum absolute atomic E-state index is 4.40. The van der Waals surface area contributed by atoms with Crippen LogP contribution in [0, 0.1) is 6.92 Å². The lowest BCUT2D eigenvalue weighted by Gasteiger charge is -2.07. The fourth-order valence-electron chi connectivity index (χ4n) is 1.66. The average molecular weight is 234 g/mol. The number of rotatable bonds is 4. The van der Waals surface area contributed by atoms with E-state index >= 15 is 0 Å². The van der Waals surface area contributed by atoms with Gasteiger partial charge in [0.05, 0.1) is 5.37 Å². The first-order valence-corrected chi connectivity index (χ1v) is 6.74. The van der Waals surface area contributed by atoms with Crippen molar-refractivity contribution in [2.24, 2.45) is 5.10 Å². The predicted molar refractivity (Wildman–Crippen MR) is 71.8 cm³/mol. The Bertz CT molecular complexity index is 370. The van der Waals surface area contributed by atoms with Crippen molar-refractivity contribution in [1.82, 2.24) is 5.43 Å². The molecule has 1 aromatic rings. The van der Waals surface area contributed by atoms with E-state index < -0.39 is 0 Å². The van der Waals surface area contributed by atoms with Crippen LogP contribution in [0.5, 0.6) is 0 Å². The van der Waals surface area contributed by atoms with Crippen LogP contribution in [0.1, 0.15) is 37.3 Å². The van der Waals surface area contributed by atoms with E-state index in [1.807, 2.05) is 11.8 Å². The van der Waals surface area contributed by atoms with Gasteiger partial charge in [-0.1, -0.05) is 61.4 Å². The zero-order valence-electron chi connectivity index (χ0n) is 9.86. The van der Waals surface area contributed by atoms with Gasteiger partial charge in [-0.15, -0.1) is 0 Å². The van der Waals surface area contributed by atoms with Crippen molar-refractivity contribution >= 4 is 16.8 Å². The van der Waals surface area contributed by atoms with Gasteiger partial charge < -0.3 is 0 Å². The summed E-state index contributed by atoms with van der Waals surface area (Å²) in [6.07, 6.45) is 3.71. The van der Waals surface area contributed by atoms with Crippen LogP contribution in [0.2, 0.25) is 0 Å². The lowest BCUT2D eigenvalue weighted by atomic mass is 10.2. The number of thioether (sulfide) groups is 1. The Morgan fingerprint density at radius 1 is 1.31 bits per heavy atom. The second-order valence-corrected chi connectivity index (χ2v) is 5.35. The third-order valence-electron chi connectivity index (χ3n) is 2.68. The molecule has 0 saturated heterocycles. The third-order valence-corrected chi connectivity index (χ3v) is 3.86. The molecule has 0 amide bonds. The normalized spacial score (nSPS) is 19.4.